The predicted octanol–water partition coefficient (Wildman–Crippen LogP) is -0.821. The van der Waals surface area contributed by atoms with Crippen LogP contribution in [0.15, 0.2) is 12.3 Å². The van der Waals surface area contributed by atoms with Crippen molar-refractivity contribution < 1.29 is 0 Å². The molecule has 0 aliphatic rings. The van der Waals surface area contributed by atoms with Crippen LogP contribution in [0.4, 0.5) is 5.82 Å². The van der Waals surface area contributed by atoms with Gasteiger partial charge in [0.2, 0.25) is 0 Å². The van der Waals surface area contributed by atoms with Gasteiger partial charge in [-0.05, 0) is 0 Å². The average molecular weight is 98.1 g/mol. The molecule has 0 aliphatic carbocycles. The third-order valence-electron chi connectivity index (χ3n) is 0.701. The summed E-state index contributed by atoms with van der Waals surface area (Å²) in [5.74, 6) is 5.59. The number of nitrogen functional groups attached to an aromatic ring is 2. The fourth-order valence-electron chi connectivity index (χ4n) is 0.325. The van der Waals surface area contributed by atoms with Crippen molar-refractivity contribution in [1.29, 1.82) is 0 Å². The van der Waals surface area contributed by atoms with E-state index in [1.165, 1.54) is 6.20 Å². The Bertz CT molecular complexity index is 139. The summed E-state index contributed by atoms with van der Waals surface area (Å²) in [5.41, 5.74) is 5.22. The first-order valence-electron chi connectivity index (χ1n) is 1.85. The maximum absolute atomic E-state index is 5.22. The molecule has 38 valence electrons. The fourth-order valence-corrected chi connectivity index (χ4v) is 0.325. The van der Waals surface area contributed by atoms with Crippen LogP contribution >= 0.6 is 0 Å². The largest absolute Gasteiger partial charge is 0.382 e. The summed E-state index contributed by atoms with van der Waals surface area (Å²) in [6.45, 7) is 0. The second kappa shape index (κ2) is 1.14. The highest BCUT2D eigenvalue weighted by atomic mass is 15.5. The molecule has 0 amide bonds. The highest BCUT2D eigenvalue weighted by Gasteiger charge is 1.85. The molecule has 0 saturated carbocycles. The Balaban J connectivity index is 3.12. The lowest BCUT2D eigenvalue weighted by atomic mass is 10.7. The lowest BCUT2D eigenvalue weighted by Crippen LogP contribution is -2.12. The molecular weight excluding hydrogens is 92.1 g/mol. The smallest absolute Gasteiger partial charge is 0.144 e. The number of nitrogens with two attached hydrogens (primary N) is 2. The lowest BCUT2D eigenvalue weighted by molar-refractivity contribution is 0.843. The van der Waals surface area contributed by atoms with Gasteiger partial charge < -0.3 is 11.6 Å². The average Bonchev–Trinajstić information content (AvgIpc) is 1.91. The molecule has 0 unspecified atom stereocenters. The standard InChI is InChI=1S/C3H6N4/c4-3-1-2-6-7(3)5/h1-2H,4-5H2. The van der Waals surface area contributed by atoms with Crippen LogP contribution in [-0.2, 0) is 0 Å². The van der Waals surface area contributed by atoms with Gasteiger partial charge in [0.05, 0.1) is 6.20 Å². The van der Waals surface area contributed by atoms with Crippen LogP contribution in [0, 0.1) is 0 Å². The highest BCUT2D eigenvalue weighted by Crippen LogP contribution is 1.90. The van der Waals surface area contributed by atoms with Gasteiger partial charge in [-0.25, -0.2) is 0 Å². The Labute approximate surface area is 40.7 Å². The number of anilines is 1. The minimum Gasteiger partial charge on any atom is -0.382 e. The van der Waals surface area contributed by atoms with Gasteiger partial charge in [-0.15, -0.1) is 0 Å². The van der Waals surface area contributed by atoms with Crippen LogP contribution in [0.3, 0.4) is 0 Å². The zero-order valence-corrected chi connectivity index (χ0v) is 3.70. The van der Waals surface area contributed by atoms with E-state index in [9.17, 15) is 0 Å². The molecule has 4 N–H and O–H groups in total. The van der Waals surface area contributed by atoms with Gasteiger partial charge in [0.1, 0.15) is 5.82 Å². The van der Waals surface area contributed by atoms with Crippen LogP contribution in [0.25, 0.3) is 0 Å². The predicted molar refractivity (Wildman–Crippen MR) is 26.8 cm³/mol. The van der Waals surface area contributed by atoms with Crippen LogP contribution in [0.1, 0.15) is 0 Å². The summed E-state index contributed by atoms with van der Waals surface area (Å²) < 4.78 is 0. The molecule has 0 atom stereocenters. The Kier molecular flexibility index (Phi) is 0.651. The van der Waals surface area contributed by atoms with Crippen LogP contribution < -0.4 is 11.6 Å². The van der Waals surface area contributed by atoms with Gasteiger partial charge in [-0.3, -0.25) is 0 Å². The summed E-state index contributed by atoms with van der Waals surface area (Å²) in [7, 11) is 0. The molecule has 1 heterocycles. The van der Waals surface area contributed by atoms with Crippen LogP contribution in [0.5, 0.6) is 0 Å². The van der Waals surface area contributed by atoms with E-state index in [-0.39, 0.29) is 0 Å². The van der Waals surface area contributed by atoms with E-state index in [1.54, 1.807) is 6.07 Å². The zero-order valence-electron chi connectivity index (χ0n) is 3.70. The molecular formula is C3H6N4. The van der Waals surface area contributed by atoms with E-state index in [2.05, 4.69) is 5.10 Å². The molecule has 0 radical (unpaired) electrons. The van der Waals surface area contributed by atoms with Crippen molar-refractivity contribution in [3.63, 3.8) is 0 Å². The topological polar surface area (TPSA) is 69.9 Å². The minimum atomic E-state index is 0.472. The van der Waals surface area contributed by atoms with Crippen LogP contribution in [0.2, 0.25) is 0 Å². The quantitative estimate of drug-likeness (QED) is 0.416. The monoisotopic (exact) mass is 98.1 g/mol. The number of aromatic nitrogens is 2. The molecule has 0 aliphatic heterocycles. The molecule has 0 spiro atoms. The summed E-state index contributed by atoms with van der Waals surface area (Å²) >= 11 is 0. The molecule has 4 nitrogen and oxygen atoms in total. The molecule has 0 saturated heterocycles. The van der Waals surface area contributed by atoms with Crippen molar-refractivity contribution in [1.82, 2.24) is 9.89 Å². The highest BCUT2D eigenvalue weighted by molar-refractivity contribution is 5.25. The third kappa shape index (κ3) is 0.489. The van der Waals surface area contributed by atoms with E-state index in [0.717, 1.165) is 4.79 Å². The molecule has 0 fully saturated rings. The Morgan fingerprint density at radius 3 is 2.57 bits per heavy atom. The van der Waals surface area contributed by atoms with Crippen LogP contribution in [-0.4, -0.2) is 9.89 Å². The third-order valence-corrected chi connectivity index (χ3v) is 0.701. The summed E-state index contributed by atoms with van der Waals surface area (Å²) in [4.78, 5) is 1.11. The van der Waals surface area contributed by atoms with Gasteiger partial charge in [0.25, 0.3) is 0 Å². The summed E-state index contributed by atoms with van der Waals surface area (Å²) in [6, 6.07) is 1.62. The van der Waals surface area contributed by atoms with E-state index in [1.807, 2.05) is 0 Å². The van der Waals surface area contributed by atoms with E-state index < -0.39 is 0 Å². The van der Waals surface area contributed by atoms with E-state index >= 15 is 0 Å². The minimum absolute atomic E-state index is 0.472. The van der Waals surface area contributed by atoms with Gasteiger partial charge in [0, 0.05) is 6.07 Å². The number of hydrogen-bond donors (Lipinski definition) is 2. The van der Waals surface area contributed by atoms with Crippen molar-refractivity contribution in [2.45, 2.75) is 0 Å². The molecule has 1 aromatic rings. The van der Waals surface area contributed by atoms with Gasteiger partial charge in [-0.1, -0.05) is 0 Å². The zero-order chi connectivity index (χ0) is 5.28. The first-order chi connectivity index (χ1) is 3.30. The second-order valence-electron chi connectivity index (χ2n) is 1.20. The summed E-state index contributed by atoms with van der Waals surface area (Å²) in [5, 5.41) is 3.59. The molecule has 7 heavy (non-hydrogen) atoms. The molecule has 0 bridgehead atoms. The molecule has 1 aromatic heterocycles. The number of hydrogen-bond acceptors (Lipinski definition) is 3. The van der Waals surface area contributed by atoms with E-state index in [0.29, 0.717) is 5.82 Å². The molecule has 0 aromatic carbocycles. The molecule has 4 heteroatoms. The number of nitrogens with zero attached hydrogens (tertiary/aromatic N) is 2. The van der Waals surface area contributed by atoms with Gasteiger partial charge in [-0.2, -0.15) is 9.89 Å². The summed E-state index contributed by atoms with van der Waals surface area (Å²) in [6.07, 6.45) is 1.54. The number of rotatable bonds is 0. The lowest BCUT2D eigenvalue weighted by Gasteiger charge is -1.87. The van der Waals surface area contributed by atoms with Crippen molar-refractivity contribution >= 4 is 5.82 Å². The Hall–Kier alpha value is -1.19. The first-order valence-corrected chi connectivity index (χ1v) is 1.85. The van der Waals surface area contributed by atoms with E-state index in [4.69, 9.17) is 11.6 Å². The SMILES string of the molecule is Nc1ccnn1N. The first kappa shape index (κ1) is 3.98. The van der Waals surface area contributed by atoms with Crippen molar-refractivity contribution in [3.8, 4) is 0 Å². The maximum atomic E-state index is 5.22. The van der Waals surface area contributed by atoms with Crippen molar-refractivity contribution in [2.24, 2.45) is 0 Å². The van der Waals surface area contributed by atoms with Gasteiger partial charge in [0.15, 0.2) is 0 Å². The second-order valence-corrected chi connectivity index (χ2v) is 1.20. The maximum Gasteiger partial charge on any atom is 0.144 e. The Morgan fingerprint density at radius 1 is 1.71 bits per heavy atom. The normalized spacial score (nSPS) is 9.14. The Morgan fingerprint density at radius 2 is 2.43 bits per heavy atom. The van der Waals surface area contributed by atoms with Crippen molar-refractivity contribution in [2.75, 3.05) is 11.6 Å². The fraction of sp³-hybridized carbons (Fsp3) is 0. The molecule has 1 rings (SSSR count). The van der Waals surface area contributed by atoms with Crippen molar-refractivity contribution in [3.05, 3.63) is 12.3 Å². The van der Waals surface area contributed by atoms with Gasteiger partial charge >= 0.3 is 0 Å².